The van der Waals surface area contributed by atoms with Crippen LogP contribution in [0.3, 0.4) is 0 Å². The van der Waals surface area contributed by atoms with E-state index in [-0.39, 0.29) is 23.3 Å². The second-order valence-electron chi connectivity index (χ2n) is 12.8. The van der Waals surface area contributed by atoms with Gasteiger partial charge in [-0.05, 0) is 63.9 Å². The first kappa shape index (κ1) is 31.1. The molecule has 1 radical (unpaired) electrons. The van der Waals surface area contributed by atoms with E-state index in [0.29, 0.717) is 19.8 Å². The van der Waals surface area contributed by atoms with Crippen LogP contribution in [0.4, 0.5) is 4.79 Å². The van der Waals surface area contributed by atoms with Crippen molar-refractivity contribution in [3.05, 3.63) is 36.3 Å². The van der Waals surface area contributed by atoms with Crippen molar-refractivity contribution < 1.29 is 28.8 Å². The molecule has 1 spiro atoms. The van der Waals surface area contributed by atoms with E-state index in [4.69, 9.17) is 19.1 Å². The van der Waals surface area contributed by atoms with Crippen molar-refractivity contribution in [1.29, 1.82) is 0 Å². The molecule has 0 bridgehead atoms. The Balaban J connectivity index is 1.54. The summed E-state index contributed by atoms with van der Waals surface area (Å²) in [6.07, 6.45) is 3.71. The highest BCUT2D eigenvalue weighted by molar-refractivity contribution is 6.47. The van der Waals surface area contributed by atoms with Crippen molar-refractivity contribution in [2.75, 3.05) is 26.9 Å². The lowest BCUT2D eigenvalue weighted by atomic mass is 9.78. The largest absolute Gasteiger partial charge is 0.453 e. The molecule has 4 rings (SSSR count). The molecule has 2 atom stereocenters. The Hall–Kier alpha value is -2.89. The minimum Gasteiger partial charge on any atom is -0.453 e. The van der Waals surface area contributed by atoms with Crippen LogP contribution >= 0.6 is 0 Å². The highest BCUT2D eigenvalue weighted by atomic mass is 16.5. The van der Waals surface area contributed by atoms with E-state index in [0.717, 1.165) is 41.8 Å². The van der Waals surface area contributed by atoms with Crippen molar-refractivity contribution >= 4 is 24.9 Å². The van der Waals surface area contributed by atoms with Crippen LogP contribution in [0.15, 0.2) is 30.5 Å². The number of carbonyl (C=O) groups excluding carboxylic acids is 2. The first-order chi connectivity index (χ1) is 19.2. The fourth-order valence-electron chi connectivity index (χ4n) is 5.33. The first-order valence-corrected chi connectivity index (χ1v) is 14.4. The van der Waals surface area contributed by atoms with Gasteiger partial charge in [0.25, 0.3) is 0 Å². The number of ether oxygens (including phenoxy) is 2. The molecule has 2 unspecified atom stereocenters. The summed E-state index contributed by atoms with van der Waals surface area (Å²) >= 11 is 0. The van der Waals surface area contributed by atoms with Gasteiger partial charge in [0.15, 0.2) is 0 Å². The van der Waals surface area contributed by atoms with Gasteiger partial charge < -0.3 is 34.4 Å². The Labute approximate surface area is 243 Å². The van der Waals surface area contributed by atoms with Crippen molar-refractivity contribution in [2.45, 2.75) is 84.1 Å². The highest BCUT2D eigenvalue weighted by Crippen LogP contribution is 2.48. The number of hydrogen-bond donors (Lipinski definition) is 3. The summed E-state index contributed by atoms with van der Waals surface area (Å²) in [7, 11) is 2.95. The Morgan fingerprint density at radius 3 is 2.44 bits per heavy atom. The van der Waals surface area contributed by atoms with Crippen LogP contribution in [0.2, 0.25) is 0 Å². The van der Waals surface area contributed by atoms with Gasteiger partial charge in [-0.1, -0.05) is 43.6 Å². The van der Waals surface area contributed by atoms with Crippen LogP contribution in [0.25, 0.3) is 11.3 Å². The number of aromatic nitrogens is 2. The van der Waals surface area contributed by atoms with E-state index in [1.807, 2.05) is 56.9 Å². The summed E-state index contributed by atoms with van der Waals surface area (Å²) in [5.41, 5.74) is 0.866. The van der Waals surface area contributed by atoms with Gasteiger partial charge in [-0.3, -0.25) is 4.79 Å². The summed E-state index contributed by atoms with van der Waals surface area (Å²) < 4.78 is 16.3. The molecule has 223 valence electrons. The van der Waals surface area contributed by atoms with Crippen molar-refractivity contribution in [1.82, 2.24) is 20.2 Å². The quantitative estimate of drug-likeness (QED) is 0.397. The molecule has 1 aromatic heterocycles. The summed E-state index contributed by atoms with van der Waals surface area (Å²) in [5, 5.41) is 13.1. The van der Waals surface area contributed by atoms with Crippen LogP contribution in [-0.4, -0.2) is 83.6 Å². The van der Waals surface area contributed by atoms with Gasteiger partial charge in [-0.2, -0.15) is 0 Å². The van der Waals surface area contributed by atoms with E-state index >= 15 is 0 Å². The molecule has 0 aliphatic carbocycles. The minimum atomic E-state index is -1.00. The summed E-state index contributed by atoms with van der Waals surface area (Å²) in [6, 6.07) is 6.91. The number of amides is 2. The molecule has 2 amide bonds. The number of benzene rings is 1. The van der Waals surface area contributed by atoms with Gasteiger partial charge in [0.05, 0.1) is 36.2 Å². The molecule has 2 aromatic rings. The number of aromatic amines is 1. The molecule has 1 aromatic carbocycles. The Kier molecular flexibility index (Phi) is 9.21. The predicted molar refractivity (Wildman–Crippen MR) is 157 cm³/mol. The molecule has 2 saturated heterocycles. The zero-order valence-electron chi connectivity index (χ0n) is 25.3. The minimum absolute atomic E-state index is 0.0489. The second kappa shape index (κ2) is 12.2. The molecule has 41 heavy (non-hydrogen) atoms. The smallest absolute Gasteiger partial charge is 0.407 e. The SMILES string of the molecule is COC(=O)NC(C(=O)N1CC2(CCOCC2)CC1c1ncc(-c2ccc([B]OC(C)(C)C(C)(C)O)cc2)[nH]1)C(C)C. The maximum atomic E-state index is 13.9. The van der Waals surface area contributed by atoms with Crippen molar-refractivity contribution in [3.8, 4) is 11.3 Å². The zero-order chi connectivity index (χ0) is 30.0. The fourth-order valence-corrected chi connectivity index (χ4v) is 5.33. The van der Waals surface area contributed by atoms with Crippen LogP contribution < -0.4 is 10.8 Å². The number of methoxy groups -OCH3 is 1. The number of rotatable bonds is 9. The van der Waals surface area contributed by atoms with Gasteiger partial charge in [0.2, 0.25) is 5.91 Å². The number of imidazole rings is 1. The van der Waals surface area contributed by atoms with Gasteiger partial charge in [-0.25, -0.2) is 9.78 Å². The molecule has 2 aliphatic rings. The third-order valence-electron chi connectivity index (χ3n) is 8.83. The molecule has 0 saturated carbocycles. The number of H-pyrrole nitrogens is 1. The fraction of sp³-hybridized carbons (Fsp3) is 0.633. The highest BCUT2D eigenvalue weighted by Gasteiger charge is 2.49. The zero-order valence-corrected chi connectivity index (χ0v) is 25.3. The molecule has 2 fully saturated rings. The van der Waals surface area contributed by atoms with Crippen LogP contribution in [0, 0.1) is 11.3 Å². The Bertz CT molecular complexity index is 1200. The van der Waals surface area contributed by atoms with Crippen LogP contribution in [0.5, 0.6) is 0 Å². The third kappa shape index (κ3) is 6.96. The van der Waals surface area contributed by atoms with Gasteiger partial charge in [0, 0.05) is 19.8 Å². The monoisotopic (exact) mass is 567 g/mol. The maximum Gasteiger partial charge on any atom is 0.407 e. The summed E-state index contributed by atoms with van der Waals surface area (Å²) in [5.74, 6) is 0.475. The molecule has 3 heterocycles. The van der Waals surface area contributed by atoms with E-state index in [1.165, 1.54) is 7.11 Å². The number of alkyl carbamates (subject to hydrolysis) is 1. The maximum absolute atomic E-state index is 13.9. The lowest BCUT2D eigenvalue weighted by Gasteiger charge is -2.37. The lowest BCUT2D eigenvalue weighted by Crippen LogP contribution is -2.51. The molecule has 3 N–H and O–H groups in total. The first-order valence-electron chi connectivity index (χ1n) is 14.4. The number of nitrogens with one attached hydrogen (secondary N) is 2. The Morgan fingerprint density at radius 1 is 1.20 bits per heavy atom. The standard InChI is InChI=1S/C30H44BN4O6/c1-19(2)24(34-27(37)39-7)26(36)35-18-30(12-14-40-15-13-30)16-23(35)25-32-17-22(33-25)20-8-10-21(11-9-20)31-41-29(5,6)28(3,4)38/h8-11,17,19,23-24,38H,12-16,18H2,1-7H3,(H,32,33)(H,34,37). The Morgan fingerprint density at radius 2 is 1.85 bits per heavy atom. The molecule has 11 heteroatoms. The van der Waals surface area contributed by atoms with Gasteiger partial charge in [-0.15, -0.1) is 0 Å². The number of aliphatic hydroxyl groups is 1. The van der Waals surface area contributed by atoms with Crippen LogP contribution in [-0.2, 0) is 18.9 Å². The number of nitrogens with zero attached hydrogens (tertiary/aromatic N) is 2. The molecule has 10 nitrogen and oxygen atoms in total. The topological polar surface area (TPSA) is 126 Å². The number of likely N-dealkylation sites (tertiary alicyclic amines) is 1. The van der Waals surface area contributed by atoms with E-state index in [1.54, 1.807) is 27.5 Å². The molecule has 2 aliphatic heterocycles. The molecular formula is C30H44BN4O6. The van der Waals surface area contributed by atoms with Crippen LogP contribution in [0.1, 0.15) is 72.7 Å². The van der Waals surface area contributed by atoms with E-state index < -0.39 is 23.3 Å². The normalized spacial score (nSPS) is 19.8. The third-order valence-corrected chi connectivity index (χ3v) is 8.83. The van der Waals surface area contributed by atoms with Crippen molar-refractivity contribution in [2.24, 2.45) is 11.3 Å². The summed E-state index contributed by atoms with van der Waals surface area (Å²) in [4.78, 5) is 36.0. The van der Waals surface area contributed by atoms with Gasteiger partial charge >= 0.3 is 13.6 Å². The number of carbonyl (C=O) groups is 2. The second-order valence-corrected chi connectivity index (χ2v) is 12.8. The van der Waals surface area contributed by atoms with Crippen molar-refractivity contribution in [3.63, 3.8) is 0 Å². The molecular weight excluding hydrogens is 523 g/mol. The van der Waals surface area contributed by atoms with Gasteiger partial charge in [0.1, 0.15) is 11.9 Å². The predicted octanol–water partition coefficient (Wildman–Crippen LogP) is 3.34. The lowest BCUT2D eigenvalue weighted by molar-refractivity contribution is -0.136. The summed E-state index contributed by atoms with van der Waals surface area (Å²) in [6.45, 7) is 12.9. The average Bonchev–Trinajstić information content (AvgIpc) is 3.55. The average molecular weight is 568 g/mol. The van der Waals surface area contributed by atoms with E-state index in [9.17, 15) is 14.7 Å². The van der Waals surface area contributed by atoms with E-state index in [2.05, 4.69) is 10.3 Å². The number of hydrogen-bond acceptors (Lipinski definition) is 7.